The van der Waals surface area contributed by atoms with Crippen molar-refractivity contribution in [2.24, 2.45) is 0 Å². The third kappa shape index (κ3) is 3.96. The van der Waals surface area contributed by atoms with Gasteiger partial charge in [-0.1, -0.05) is 25.0 Å². The molecular weight excluding hydrogens is 319 g/mol. The lowest BCUT2D eigenvalue weighted by molar-refractivity contribution is -0.141. The minimum Gasteiger partial charge on any atom is -0.392 e. The average molecular weight is 339 g/mol. The van der Waals surface area contributed by atoms with Gasteiger partial charge in [-0.3, -0.25) is 0 Å². The van der Waals surface area contributed by atoms with Crippen molar-refractivity contribution in [3.63, 3.8) is 0 Å². The van der Waals surface area contributed by atoms with Gasteiger partial charge in [-0.2, -0.15) is 18.3 Å². The smallest absolute Gasteiger partial charge is 0.392 e. The number of hydrogen-bond donors (Lipinski definition) is 2. The van der Waals surface area contributed by atoms with Crippen molar-refractivity contribution in [1.29, 1.82) is 0 Å². The van der Waals surface area contributed by atoms with Crippen LogP contribution in [0, 0.1) is 0 Å². The topological polar surface area (TPSA) is 50.1 Å². The normalized spacial score (nSPS) is 21.8. The Hall–Kier alpha value is -1.86. The summed E-state index contributed by atoms with van der Waals surface area (Å²) in [5.74, 6) is 0. The molecule has 0 aliphatic heterocycles. The second-order valence-electron chi connectivity index (χ2n) is 6.15. The molecule has 2 N–H and O–H groups in total. The number of aromatic nitrogens is 2. The molecule has 1 fully saturated rings. The monoisotopic (exact) mass is 339 g/mol. The summed E-state index contributed by atoms with van der Waals surface area (Å²) in [4.78, 5) is 0. The van der Waals surface area contributed by atoms with Crippen molar-refractivity contribution in [3.05, 3.63) is 47.8 Å². The Labute approximate surface area is 138 Å². The van der Waals surface area contributed by atoms with Gasteiger partial charge in [0.25, 0.3) is 0 Å². The van der Waals surface area contributed by atoms with Crippen LogP contribution in [0.5, 0.6) is 0 Å². The summed E-state index contributed by atoms with van der Waals surface area (Å²) in [6.45, 7) is 0.620. The molecule has 130 valence electrons. The lowest BCUT2D eigenvalue weighted by atomic mass is 9.92. The molecule has 0 radical (unpaired) electrons. The number of aliphatic hydroxyl groups is 1. The SMILES string of the molecule is OC1CCCCC1NCc1ccc(-n2ccc(C(F)(F)F)n2)cc1. The maximum atomic E-state index is 12.6. The maximum Gasteiger partial charge on any atom is 0.435 e. The van der Waals surface area contributed by atoms with E-state index in [9.17, 15) is 18.3 Å². The van der Waals surface area contributed by atoms with Crippen LogP contribution >= 0.6 is 0 Å². The molecule has 24 heavy (non-hydrogen) atoms. The minimum atomic E-state index is -4.43. The van der Waals surface area contributed by atoms with E-state index < -0.39 is 11.9 Å². The maximum absolute atomic E-state index is 12.6. The van der Waals surface area contributed by atoms with Crippen LogP contribution in [-0.2, 0) is 12.7 Å². The van der Waals surface area contributed by atoms with E-state index in [4.69, 9.17) is 0 Å². The Kier molecular flexibility index (Phi) is 4.91. The van der Waals surface area contributed by atoms with Gasteiger partial charge >= 0.3 is 6.18 Å². The highest BCUT2D eigenvalue weighted by Crippen LogP contribution is 2.28. The Morgan fingerprint density at radius 1 is 1.12 bits per heavy atom. The van der Waals surface area contributed by atoms with Crippen LogP contribution < -0.4 is 5.32 Å². The first-order valence-corrected chi connectivity index (χ1v) is 8.07. The third-order valence-electron chi connectivity index (χ3n) is 4.38. The molecular formula is C17H20F3N3O. The van der Waals surface area contributed by atoms with E-state index in [2.05, 4.69) is 10.4 Å². The van der Waals surface area contributed by atoms with Crippen molar-refractivity contribution in [1.82, 2.24) is 15.1 Å². The van der Waals surface area contributed by atoms with Crippen molar-refractivity contribution in [2.75, 3.05) is 0 Å². The number of benzene rings is 1. The van der Waals surface area contributed by atoms with Gasteiger partial charge in [0, 0.05) is 18.8 Å². The zero-order chi connectivity index (χ0) is 17.2. The number of alkyl halides is 3. The molecule has 0 amide bonds. The van der Waals surface area contributed by atoms with Crippen LogP contribution in [0.2, 0.25) is 0 Å². The second-order valence-corrected chi connectivity index (χ2v) is 6.15. The molecule has 2 unspecified atom stereocenters. The van der Waals surface area contributed by atoms with E-state index in [1.54, 1.807) is 12.1 Å². The van der Waals surface area contributed by atoms with Crippen molar-refractivity contribution in [2.45, 2.75) is 50.6 Å². The Morgan fingerprint density at radius 2 is 1.83 bits per heavy atom. The highest BCUT2D eigenvalue weighted by Gasteiger charge is 2.33. The Bertz CT molecular complexity index is 666. The van der Waals surface area contributed by atoms with Crippen molar-refractivity contribution in [3.8, 4) is 5.69 Å². The zero-order valence-corrected chi connectivity index (χ0v) is 13.1. The summed E-state index contributed by atoms with van der Waals surface area (Å²) < 4.78 is 39.0. The minimum absolute atomic E-state index is 0.110. The molecule has 7 heteroatoms. The van der Waals surface area contributed by atoms with Gasteiger partial charge in [-0.15, -0.1) is 0 Å². The average Bonchev–Trinajstić information content (AvgIpc) is 3.05. The predicted molar refractivity (Wildman–Crippen MR) is 83.7 cm³/mol. The number of rotatable bonds is 4. The number of aliphatic hydroxyl groups excluding tert-OH is 1. The van der Waals surface area contributed by atoms with Gasteiger partial charge < -0.3 is 10.4 Å². The summed E-state index contributed by atoms with van der Waals surface area (Å²) in [5, 5.41) is 16.8. The molecule has 1 aromatic carbocycles. The van der Waals surface area contributed by atoms with Gasteiger partial charge in [-0.25, -0.2) is 4.68 Å². The third-order valence-corrected chi connectivity index (χ3v) is 4.38. The molecule has 1 aliphatic carbocycles. The summed E-state index contributed by atoms with van der Waals surface area (Å²) in [6.07, 6.45) is 0.545. The summed E-state index contributed by atoms with van der Waals surface area (Å²) in [7, 11) is 0. The van der Waals surface area contributed by atoms with Gasteiger partial charge in [0.15, 0.2) is 5.69 Å². The number of halogens is 3. The number of hydrogen-bond acceptors (Lipinski definition) is 3. The lowest BCUT2D eigenvalue weighted by Crippen LogP contribution is -2.41. The van der Waals surface area contributed by atoms with E-state index in [1.165, 1.54) is 10.9 Å². The molecule has 0 spiro atoms. The predicted octanol–water partition coefficient (Wildman–Crippen LogP) is 3.28. The molecule has 3 rings (SSSR count). The molecule has 2 aromatic rings. The number of nitrogens with one attached hydrogen (secondary N) is 1. The fourth-order valence-electron chi connectivity index (χ4n) is 2.98. The van der Waals surface area contributed by atoms with Crippen LogP contribution in [0.15, 0.2) is 36.5 Å². The molecule has 0 bridgehead atoms. The standard InChI is InChI=1S/C17H20F3N3O/c18-17(19,20)16-9-10-23(22-16)13-7-5-12(6-8-13)11-21-14-3-1-2-4-15(14)24/h5-10,14-15,21,24H,1-4,11H2. The van der Waals surface area contributed by atoms with Gasteiger partial charge in [0.1, 0.15) is 0 Å². The van der Waals surface area contributed by atoms with E-state index in [0.717, 1.165) is 37.3 Å². The molecule has 4 nitrogen and oxygen atoms in total. The fraction of sp³-hybridized carbons (Fsp3) is 0.471. The molecule has 1 heterocycles. The van der Waals surface area contributed by atoms with E-state index in [1.807, 2.05) is 12.1 Å². The van der Waals surface area contributed by atoms with Gasteiger partial charge in [-0.05, 0) is 36.6 Å². The molecule has 0 saturated heterocycles. The van der Waals surface area contributed by atoms with E-state index in [-0.39, 0.29) is 12.1 Å². The highest BCUT2D eigenvalue weighted by molar-refractivity contribution is 5.34. The second kappa shape index (κ2) is 6.94. The van der Waals surface area contributed by atoms with Gasteiger partial charge in [0.05, 0.1) is 11.8 Å². The highest BCUT2D eigenvalue weighted by atomic mass is 19.4. The first-order valence-electron chi connectivity index (χ1n) is 8.07. The van der Waals surface area contributed by atoms with Crippen LogP contribution in [-0.4, -0.2) is 27.0 Å². The fourth-order valence-corrected chi connectivity index (χ4v) is 2.98. The van der Waals surface area contributed by atoms with E-state index in [0.29, 0.717) is 12.2 Å². The lowest BCUT2D eigenvalue weighted by Gasteiger charge is -2.28. The summed E-state index contributed by atoms with van der Waals surface area (Å²) in [6, 6.07) is 8.25. The Balaban J connectivity index is 1.62. The largest absolute Gasteiger partial charge is 0.435 e. The molecule has 1 saturated carbocycles. The van der Waals surface area contributed by atoms with Gasteiger partial charge in [0.2, 0.25) is 0 Å². The Morgan fingerprint density at radius 3 is 2.46 bits per heavy atom. The van der Waals surface area contributed by atoms with E-state index >= 15 is 0 Å². The van der Waals surface area contributed by atoms with Crippen LogP contribution in [0.25, 0.3) is 5.69 Å². The van der Waals surface area contributed by atoms with Crippen LogP contribution in [0.4, 0.5) is 13.2 Å². The first-order chi connectivity index (χ1) is 11.4. The quantitative estimate of drug-likeness (QED) is 0.899. The first kappa shape index (κ1) is 17.0. The summed E-state index contributed by atoms with van der Waals surface area (Å²) >= 11 is 0. The summed E-state index contributed by atoms with van der Waals surface area (Å²) in [5.41, 5.74) is 0.686. The van der Waals surface area contributed by atoms with Crippen LogP contribution in [0.3, 0.4) is 0 Å². The van der Waals surface area contributed by atoms with Crippen molar-refractivity contribution < 1.29 is 18.3 Å². The van der Waals surface area contributed by atoms with Crippen LogP contribution in [0.1, 0.15) is 36.9 Å². The molecule has 1 aromatic heterocycles. The molecule has 1 aliphatic rings. The number of nitrogens with zero attached hydrogens (tertiary/aromatic N) is 2. The van der Waals surface area contributed by atoms with Crippen molar-refractivity contribution >= 4 is 0 Å². The molecule has 2 atom stereocenters. The zero-order valence-electron chi connectivity index (χ0n) is 13.1.